The predicted molar refractivity (Wildman–Crippen MR) is 198 cm³/mol. The van der Waals surface area contributed by atoms with Gasteiger partial charge in [-0.3, -0.25) is 0 Å². The maximum Gasteiger partial charge on any atom is 0.181 e. The maximum absolute atomic E-state index is 16.1. The molecule has 46 heavy (non-hydrogen) atoms. The Morgan fingerprint density at radius 3 is 1.15 bits per heavy atom. The number of para-hydroxylation sites is 2. The van der Waals surface area contributed by atoms with E-state index in [0.29, 0.717) is 0 Å². The molecule has 1 aliphatic rings. The van der Waals surface area contributed by atoms with Crippen molar-refractivity contribution in [3.63, 3.8) is 0 Å². The van der Waals surface area contributed by atoms with Crippen molar-refractivity contribution in [2.75, 3.05) is 4.90 Å². The molecule has 0 bridgehead atoms. The van der Waals surface area contributed by atoms with Gasteiger partial charge in [-0.25, -0.2) is 0 Å². The molecule has 7 aromatic carbocycles. The summed E-state index contributed by atoms with van der Waals surface area (Å²) in [6, 6.07) is 68.0. The van der Waals surface area contributed by atoms with E-state index >= 15 is 4.57 Å². The first-order valence-corrected chi connectivity index (χ1v) is 19.3. The molecule has 1 aliphatic heterocycles. The molecule has 0 radical (unpaired) electrons. The van der Waals surface area contributed by atoms with Crippen molar-refractivity contribution >= 4 is 68.9 Å². The molecule has 0 aliphatic carbocycles. The van der Waals surface area contributed by atoms with E-state index < -0.39 is 15.2 Å². The molecule has 1 heterocycles. The van der Waals surface area contributed by atoms with Gasteiger partial charge in [-0.15, -0.1) is 0 Å². The third kappa shape index (κ3) is 4.35. The van der Waals surface area contributed by atoms with Crippen LogP contribution in [0, 0.1) is 0 Å². The highest BCUT2D eigenvalue weighted by molar-refractivity contribution is 7.87. The average molecular weight is 626 g/mol. The highest BCUT2D eigenvalue weighted by atomic mass is 31.2. The molecule has 0 fully saturated rings. The highest BCUT2D eigenvalue weighted by Gasteiger charge is 2.52. The Balaban J connectivity index is 1.36. The van der Waals surface area contributed by atoms with Crippen molar-refractivity contribution in [2.24, 2.45) is 0 Å². The van der Waals surface area contributed by atoms with Crippen LogP contribution in [0.3, 0.4) is 0 Å². The molecule has 220 valence electrons. The van der Waals surface area contributed by atoms with Gasteiger partial charge >= 0.3 is 0 Å². The Kier molecular flexibility index (Phi) is 7.14. The van der Waals surface area contributed by atoms with Gasteiger partial charge in [-0.1, -0.05) is 146 Å². The minimum Gasteiger partial charge on any atom is -0.311 e. The molecule has 0 spiro atoms. The third-order valence-electron chi connectivity index (χ3n) is 9.21. The lowest BCUT2D eigenvalue weighted by atomic mass is 10.2. The number of anilines is 3. The van der Waals surface area contributed by atoms with Crippen LogP contribution in [-0.2, 0) is 4.57 Å². The van der Waals surface area contributed by atoms with Crippen LogP contribution in [-0.4, -0.2) is 8.07 Å². The zero-order valence-corrected chi connectivity index (χ0v) is 27.2. The normalized spacial score (nSPS) is 14.1. The SMILES string of the molecule is O=P1(c2ccc(N(c3ccccc3)c3ccccc3)cc2)c2ccccc2[Si](c2ccccc2)(c2ccccc2)c2ccccc21. The van der Waals surface area contributed by atoms with Crippen LogP contribution in [0.5, 0.6) is 0 Å². The van der Waals surface area contributed by atoms with E-state index in [1.165, 1.54) is 20.7 Å². The topological polar surface area (TPSA) is 20.3 Å². The Morgan fingerprint density at radius 1 is 0.370 bits per heavy atom. The summed E-state index contributed by atoms with van der Waals surface area (Å²) in [6.07, 6.45) is 0. The average Bonchev–Trinajstić information content (AvgIpc) is 3.14. The van der Waals surface area contributed by atoms with E-state index in [1.807, 2.05) is 12.1 Å². The fourth-order valence-corrected chi connectivity index (χ4v) is 16.9. The molecule has 0 N–H and O–H groups in total. The summed E-state index contributed by atoms with van der Waals surface area (Å²) < 4.78 is 16.1. The van der Waals surface area contributed by atoms with Gasteiger partial charge in [-0.05, 0) is 69.3 Å². The van der Waals surface area contributed by atoms with Crippen molar-refractivity contribution in [1.29, 1.82) is 0 Å². The number of benzene rings is 7. The lowest BCUT2D eigenvalue weighted by Gasteiger charge is -2.43. The lowest BCUT2D eigenvalue weighted by molar-refractivity contribution is 0.592. The van der Waals surface area contributed by atoms with Gasteiger partial charge in [0, 0.05) is 33.0 Å². The van der Waals surface area contributed by atoms with Gasteiger partial charge in [-0.2, -0.15) is 0 Å². The van der Waals surface area contributed by atoms with E-state index in [9.17, 15) is 0 Å². The summed E-state index contributed by atoms with van der Waals surface area (Å²) >= 11 is 0. The number of hydrogen-bond acceptors (Lipinski definition) is 2. The standard InChI is InChI=1S/C42H32NOPSi/c44-45(36-31-29-35(30-32-36)43(33-17-5-1-6-18-33)34-19-7-2-8-20-34)39-25-13-15-27-41(39)46(37-21-9-3-10-22-37,38-23-11-4-12-24-38)42-28-16-14-26-40(42)45/h1-32H. The second kappa shape index (κ2) is 11.6. The zero-order chi connectivity index (χ0) is 31.0. The van der Waals surface area contributed by atoms with E-state index in [1.54, 1.807) is 0 Å². The van der Waals surface area contributed by atoms with Crippen molar-refractivity contribution < 1.29 is 4.57 Å². The first-order chi connectivity index (χ1) is 22.7. The Morgan fingerprint density at radius 2 is 0.717 bits per heavy atom. The predicted octanol–water partition coefficient (Wildman–Crippen LogP) is 6.49. The van der Waals surface area contributed by atoms with E-state index in [2.05, 4.69) is 187 Å². The molecule has 0 atom stereocenters. The summed E-state index contributed by atoms with van der Waals surface area (Å²) in [4.78, 5) is 2.24. The molecular formula is C42H32NOPSi. The largest absolute Gasteiger partial charge is 0.311 e. The molecule has 0 saturated carbocycles. The van der Waals surface area contributed by atoms with Crippen LogP contribution >= 0.6 is 7.14 Å². The van der Waals surface area contributed by atoms with E-state index in [-0.39, 0.29) is 0 Å². The second-order valence-corrected chi connectivity index (χ2v) is 18.1. The summed E-state index contributed by atoms with van der Waals surface area (Å²) in [5, 5.41) is 7.74. The summed E-state index contributed by atoms with van der Waals surface area (Å²) in [7, 11) is -6.04. The summed E-state index contributed by atoms with van der Waals surface area (Å²) in [5.74, 6) is 0. The molecule has 0 unspecified atom stereocenters. The van der Waals surface area contributed by atoms with Crippen molar-refractivity contribution in [3.8, 4) is 0 Å². The van der Waals surface area contributed by atoms with Crippen LogP contribution in [0.2, 0.25) is 0 Å². The van der Waals surface area contributed by atoms with Crippen LogP contribution in [0.4, 0.5) is 17.1 Å². The van der Waals surface area contributed by atoms with Crippen molar-refractivity contribution in [3.05, 3.63) is 194 Å². The first-order valence-electron chi connectivity index (χ1n) is 15.6. The van der Waals surface area contributed by atoms with Crippen molar-refractivity contribution in [2.45, 2.75) is 0 Å². The minimum atomic E-state index is -3.24. The summed E-state index contributed by atoms with van der Waals surface area (Å²) in [6.45, 7) is 0. The quantitative estimate of drug-likeness (QED) is 0.156. The molecule has 0 aromatic heterocycles. The molecular weight excluding hydrogens is 594 g/mol. The molecule has 7 aromatic rings. The fraction of sp³-hybridized carbons (Fsp3) is 0. The van der Waals surface area contributed by atoms with Gasteiger partial charge in [0.05, 0.1) is 0 Å². The lowest BCUT2D eigenvalue weighted by Crippen LogP contribution is -2.81. The number of rotatable bonds is 6. The van der Waals surface area contributed by atoms with Gasteiger partial charge < -0.3 is 9.46 Å². The maximum atomic E-state index is 16.1. The Hall–Kier alpha value is -5.21. The van der Waals surface area contributed by atoms with E-state index in [4.69, 9.17) is 0 Å². The van der Waals surface area contributed by atoms with Crippen LogP contribution in [0.25, 0.3) is 0 Å². The number of nitrogens with zero attached hydrogens (tertiary/aromatic N) is 1. The van der Waals surface area contributed by atoms with Gasteiger partial charge in [0.1, 0.15) is 0 Å². The Bertz CT molecular complexity index is 2040. The van der Waals surface area contributed by atoms with Crippen LogP contribution in [0.15, 0.2) is 194 Å². The highest BCUT2D eigenvalue weighted by Crippen LogP contribution is 2.45. The van der Waals surface area contributed by atoms with Crippen LogP contribution in [0.1, 0.15) is 0 Å². The molecule has 0 amide bonds. The molecule has 0 saturated heterocycles. The fourth-order valence-electron chi connectivity index (χ4n) is 7.26. The molecule has 4 heteroatoms. The molecule has 2 nitrogen and oxygen atoms in total. The monoisotopic (exact) mass is 625 g/mol. The van der Waals surface area contributed by atoms with Gasteiger partial charge in [0.2, 0.25) is 0 Å². The van der Waals surface area contributed by atoms with Crippen LogP contribution < -0.4 is 41.6 Å². The van der Waals surface area contributed by atoms with E-state index in [0.717, 1.165) is 33.0 Å². The Labute approximate surface area is 271 Å². The number of hydrogen-bond donors (Lipinski definition) is 0. The van der Waals surface area contributed by atoms with Crippen molar-refractivity contribution in [1.82, 2.24) is 0 Å². The second-order valence-electron chi connectivity index (χ2n) is 11.6. The van der Waals surface area contributed by atoms with Gasteiger partial charge in [0.15, 0.2) is 15.2 Å². The third-order valence-corrected chi connectivity index (χ3v) is 17.7. The first kappa shape index (κ1) is 28.3. The molecule has 8 rings (SSSR count). The minimum absolute atomic E-state index is 0.848. The smallest absolute Gasteiger partial charge is 0.181 e. The van der Waals surface area contributed by atoms with Gasteiger partial charge in [0.25, 0.3) is 0 Å². The number of fused-ring (bicyclic) bond motifs is 2. The zero-order valence-electron chi connectivity index (χ0n) is 25.3. The summed E-state index contributed by atoms with van der Waals surface area (Å²) in [5.41, 5.74) is 3.16.